The Morgan fingerprint density at radius 1 is 1.21 bits per heavy atom. The van der Waals surface area contributed by atoms with Crippen molar-refractivity contribution < 1.29 is 18.3 Å². The van der Waals surface area contributed by atoms with Gasteiger partial charge in [0.05, 0.1) is 18.1 Å². The van der Waals surface area contributed by atoms with Crippen molar-refractivity contribution in [2.75, 3.05) is 13.7 Å². The molecule has 156 valence electrons. The summed E-state index contributed by atoms with van der Waals surface area (Å²) in [7, 11) is -2.15. The number of ether oxygens (including phenoxy) is 1. The predicted molar refractivity (Wildman–Crippen MR) is 114 cm³/mol. The Bertz CT molecular complexity index is 874. The topological polar surface area (TPSA) is 102 Å². The van der Waals surface area contributed by atoms with Crippen LogP contribution in [0.5, 0.6) is 5.75 Å². The first kappa shape index (κ1) is 24.4. The summed E-state index contributed by atoms with van der Waals surface area (Å²) in [5.41, 5.74) is 2.23. The van der Waals surface area contributed by atoms with E-state index in [4.69, 9.17) is 9.88 Å². The van der Waals surface area contributed by atoms with Crippen molar-refractivity contribution in [2.24, 2.45) is 5.14 Å². The lowest BCUT2D eigenvalue weighted by Gasteiger charge is -2.19. The van der Waals surface area contributed by atoms with Crippen LogP contribution in [0.15, 0.2) is 47.4 Å². The van der Waals surface area contributed by atoms with Crippen LogP contribution in [0, 0.1) is 6.92 Å². The average molecular weight is 429 g/mol. The van der Waals surface area contributed by atoms with E-state index in [1.807, 2.05) is 31.2 Å². The molecule has 2 unspecified atom stereocenters. The van der Waals surface area contributed by atoms with E-state index in [1.54, 1.807) is 26.2 Å². The number of nitrogens with one attached hydrogen (secondary N) is 1. The van der Waals surface area contributed by atoms with Crippen LogP contribution >= 0.6 is 12.4 Å². The largest absolute Gasteiger partial charge is 0.496 e. The molecule has 0 amide bonds. The highest BCUT2D eigenvalue weighted by molar-refractivity contribution is 7.89. The second kappa shape index (κ2) is 10.8. The Hall–Kier alpha value is -1.64. The molecule has 0 aliphatic rings. The van der Waals surface area contributed by atoms with Crippen molar-refractivity contribution in [3.8, 4) is 5.75 Å². The summed E-state index contributed by atoms with van der Waals surface area (Å²) in [5.74, 6) is 0.875. The highest BCUT2D eigenvalue weighted by Gasteiger charge is 2.16. The number of hydrogen-bond donors (Lipinski definition) is 3. The number of sulfonamides is 1. The maximum absolute atomic E-state index is 11.6. The summed E-state index contributed by atoms with van der Waals surface area (Å²) in [4.78, 5) is 0.0447. The second-order valence-corrected chi connectivity index (χ2v) is 8.28. The molecule has 8 heteroatoms. The molecular formula is C20H29ClN2O4S. The first-order valence-electron chi connectivity index (χ1n) is 8.89. The van der Waals surface area contributed by atoms with Crippen LogP contribution < -0.4 is 15.2 Å². The van der Waals surface area contributed by atoms with Gasteiger partial charge in [-0.1, -0.05) is 30.3 Å². The highest BCUT2D eigenvalue weighted by atomic mass is 35.5. The maximum atomic E-state index is 11.6. The van der Waals surface area contributed by atoms with Crippen molar-refractivity contribution >= 4 is 22.4 Å². The van der Waals surface area contributed by atoms with Gasteiger partial charge in [0.2, 0.25) is 10.0 Å². The lowest BCUT2D eigenvalue weighted by molar-refractivity contribution is 0.169. The van der Waals surface area contributed by atoms with E-state index in [1.165, 1.54) is 6.07 Å². The summed E-state index contributed by atoms with van der Waals surface area (Å²) in [6.07, 6.45) is 0.914. The van der Waals surface area contributed by atoms with E-state index in [0.717, 1.165) is 24.2 Å². The van der Waals surface area contributed by atoms with Crippen LogP contribution in [0.4, 0.5) is 0 Å². The number of rotatable bonds is 9. The quantitative estimate of drug-likeness (QED) is 0.570. The van der Waals surface area contributed by atoms with Crippen molar-refractivity contribution in [1.82, 2.24) is 5.32 Å². The fourth-order valence-electron chi connectivity index (χ4n) is 2.94. The Labute approximate surface area is 173 Å². The zero-order valence-corrected chi connectivity index (χ0v) is 18.0. The lowest BCUT2D eigenvalue weighted by atomic mass is 10.0. The van der Waals surface area contributed by atoms with Crippen LogP contribution in [0.2, 0.25) is 0 Å². The molecular weight excluding hydrogens is 400 g/mol. The van der Waals surface area contributed by atoms with Crippen LogP contribution in [0.25, 0.3) is 0 Å². The number of methoxy groups -OCH3 is 1. The zero-order chi connectivity index (χ0) is 20.0. The van der Waals surface area contributed by atoms with Gasteiger partial charge in [-0.25, -0.2) is 13.6 Å². The molecule has 0 radical (unpaired) electrons. The minimum atomic E-state index is -3.81. The smallest absolute Gasteiger partial charge is 0.238 e. The van der Waals surface area contributed by atoms with Gasteiger partial charge in [-0.15, -0.1) is 12.4 Å². The summed E-state index contributed by atoms with van der Waals surface area (Å²) in [5, 5.41) is 18.9. The van der Waals surface area contributed by atoms with Crippen LogP contribution in [-0.4, -0.2) is 33.2 Å². The van der Waals surface area contributed by atoms with E-state index < -0.39 is 16.1 Å². The van der Waals surface area contributed by atoms with E-state index in [2.05, 4.69) is 5.32 Å². The van der Waals surface area contributed by atoms with E-state index in [0.29, 0.717) is 17.7 Å². The Morgan fingerprint density at radius 2 is 1.89 bits per heavy atom. The van der Waals surface area contributed by atoms with Gasteiger partial charge in [0.1, 0.15) is 5.75 Å². The number of aliphatic hydroxyl groups excluding tert-OH is 1. The number of halogens is 1. The van der Waals surface area contributed by atoms with Gasteiger partial charge >= 0.3 is 0 Å². The number of aryl methyl sites for hydroxylation is 2. The maximum Gasteiger partial charge on any atom is 0.238 e. The molecule has 0 saturated heterocycles. The molecule has 6 nitrogen and oxygen atoms in total. The third kappa shape index (κ3) is 6.76. The molecule has 2 aromatic rings. The van der Waals surface area contributed by atoms with Crippen LogP contribution in [-0.2, 0) is 16.4 Å². The molecule has 0 bridgehead atoms. The number of para-hydroxylation sites is 1. The average Bonchev–Trinajstić information content (AvgIpc) is 2.64. The molecule has 2 aromatic carbocycles. The monoisotopic (exact) mass is 428 g/mol. The van der Waals surface area contributed by atoms with Gasteiger partial charge in [0, 0.05) is 12.6 Å². The van der Waals surface area contributed by atoms with E-state index in [-0.39, 0.29) is 23.3 Å². The summed E-state index contributed by atoms with van der Waals surface area (Å²) in [6.45, 7) is 4.04. The number of hydrogen-bond acceptors (Lipinski definition) is 5. The molecule has 0 aliphatic carbocycles. The van der Waals surface area contributed by atoms with Crippen molar-refractivity contribution in [1.29, 1.82) is 0 Å². The lowest BCUT2D eigenvalue weighted by Crippen LogP contribution is -2.31. The number of benzene rings is 2. The molecule has 2 atom stereocenters. The van der Waals surface area contributed by atoms with Gasteiger partial charge in [-0.05, 0) is 55.5 Å². The third-order valence-electron chi connectivity index (χ3n) is 4.60. The zero-order valence-electron chi connectivity index (χ0n) is 16.4. The molecule has 4 N–H and O–H groups in total. The fourth-order valence-corrected chi connectivity index (χ4v) is 3.76. The molecule has 0 heterocycles. The van der Waals surface area contributed by atoms with Gasteiger partial charge < -0.3 is 15.2 Å². The number of primary sulfonamides is 1. The standard InChI is InChI=1S/C20H28N2O4S.ClH/c1-14-8-10-17(12-20(14)27(21,24)25)18(23)13-22-15(2)9-11-16-6-4-5-7-19(16)26-3;/h4-8,10,12,15,18,22-23H,9,11,13H2,1-3H3,(H2,21,24,25);1H. The molecule has 0 saturated carbocycles. The third-order valence-corrected chi connectivity index (χ3v) is 5.66. The normalized spacial score (nSPS) is 13.5. The minimum absolute atomic E-state index is 0. The molecule has 2 rings (SSSR count). The van der Waals surface area contributed by atoms with Gasteiger partial charge in [0.25, 0.3) is 0 Å². The highest BCUT2D eigenvalue weighted by Crippen LogP contribution is 2.21. The Balaban J connectivity index is 0.00000392. The first-order valence-corrected chi connectivity index (χ1v) is 10.4. The van der Waals surface area contributed by atoms with Crippen molar-refractivity contribution in [3.63, 3.8) is 0 Å². The van der Waals surface area contributed by atoms with Gasteiger partial charge in [-0.2, -0.15) is 0 Å². The van der Waals surface area contributed by atoms with Crippen molar-refractivity contribution in [3.05, 3.63) is 59.2 Å². The summed E-state index contributed by atoms with van der Waals surface area (Å²) in [6, 6.07) is 12.9. The Kier molecular flexibility index (Phi) is 9.39. The van der Waals surface area contributed by atoms with Crippen LogP contribution in [0.3, 0.4) is 0 Å². The Morgan fingerprint density at radius 3 is 2.54 bits per heavy atom. The van der Waals surface area contributed by atoms with E-state index in [9.17, 15) is 13.5 Å². The SMILES string of the molecule is COc1ccccc1CCC(C)NCC(O)c1ccc(C)c(S(N)(=O)=O)c1.Cl. The second-order valence-electron chi connectivity index (χ2n) is 6.75. The molecule has 0 fully saturated rings. The van der Waals surface area contributed by atoms with Crippen LogP contribution in [0.1, 0.15) is 36.1 Å². The van der Waals surface area contributed by atoms with E-state index >= 15 is 0 Å². The van der Waals surface area contributed by atoms with Gasteiger partial charge in [0.15, 0.2) is 0 Å². The minimum Gasteiger partial charge on any atom is -0.496 e. The first-order chi connectivity index (χ1) is 12.7. The fraction of sp³-hybridized carbons (Fsp3) is 0.400. The molecule has 0 aliphatic heterocycles. The molecule has 28 heavy (non-hydrogen) atoms. The van der Waals surface area contributed by atoms with Crippen molar-refractivity contribution in [2.45, 2.75) is 43.7 Å². The number of nitrogens with two attached hydrogens (primary N) is 1. The predicted octanol–water partition coefficient (Wildman–Crippen LogP) is 2.72. The molecule has 0 aromatic heterocycles. The molecule has 0 spiro atoms. The number of aliphatic hydroxyl groups is 1. The van der Waals surface area contributed by atoms with Gasteiger partial charge in [-0.3, -0.25) is 0 Å². The summed E-state index contributed by atoms with van der Waals surface area (Å²) >= 11 is 0. The summed E-state index contributed by atoms with van der Waals surface area (Å²) < 4.78 is 28.6.